The molecule has 6 heteroatoms. The minimum atomic E-state index is -1.60. The summed E-state index contributed by atoms with van der Waals surface area (Å²) in [5, 5.41) is 18.9. The quantitative estimate of drug-likeness (QED) is 0.573. The van der Waals surface area contributed by atoms with Gasteiger partial charge in [0.05, 0.1) is 26.4 Å². The summed E-state index contributed by atoms with van der Waals surface area (Å²) in [6.07, 6.45) is -1.47. The van der Waals surface area contributed by atoms with Gasteiger partial charge < -0.3 is 19.3 Å². The molecule has 0 amide bonds. The van der Waals surface area contributed by atoms with E-state index >= 15 is 0 Å². The number of aliphatic hydroxyl groups excluding tert-OH is 1. The zero-order valence-corrected chi connectivity index (χ0v) is 12.1. The van der Waals surface area contributed by atoms with Crippen molar-refractivity contribution in [2.75, 3.05) is 20.8 Å². The number of carbonyl (C=O) groups excluding carboxylic acids is 1. The number of aliphatic hydroxyl groups is 1. The molecule has 2 atom stereocenters. The molecule has 0 radical (unpaired) electrons. The molecule has 21 heavy (non-hydrogen) atoms. The second-order valence-electron chi connectivity index (χ2n) is 4.56. The number of esters is 1. The topological polar surface area (TPSA) is 88.8 Å². The lowest BCUT2D eigenvalue weighted by molar-refractivity contribution is -0.162. The van der Waals surface area contributed by atoms with E-state index in [-0.39, 0.29) is 19.6 Å². The Morgan fingerprint density at radius 3 is 2.57 bits per heavy atom. The highest BCUT2D eigenvalue weighted by molar-refractivity contribution is 5.80. The number of nitrogens with zero attached hydrogens (tertiary/aromatic N) is 1. The number of ether oxygens (including phenoxy) is 3. The Morgan fingerprint density at radius 2 is 2.05 bits per heavy atom. The van der Waals surface area contributed by atoms with E-state index in [1.165, 1.54) is 14.2 Å². The smallest absolute Gasteiger partial charge is 0.328 e. The van der Waals surface area contributed by atoms with Gasteiger partial charge in [-0.25, -0.2) is 0 Å². The third-order valence-electron chi connectivity index (χ3n) is 3.05. The molecule has 0 aliphatic rings. The summed E-state index contributed by atoms with van der Waals surface area (Å²) in [7, 11) is 2.47. The Bertz CT molecular complexity index is 485. The van der Waals surface area contributed by atoms with Gasteiger partial charge in [0.1, 0.15) is 0 Å². The summed E-state index contributed by atoms with van der Waals surface area (Å²) >= 11 is 0. The normalized spacial score (nSPS) is 14.8. The van der Waals surface area contributed by atoms with Gasteiger partial charge in [-0.1, -0.05) is 30.3 Å². The minimum absolute atomic E-state index is 0.189. The first-order chi connectivity index (χ1) is 10.1. The van der Waals surface area contributed by atoms with Crippen LogP contribution in [0.2, 0.25) is 0 Å². The average Bonchev–Trinajstić information content (AvgIpc) is 2.53. The highest BCUT2D eigenvalue weighted by atomic mass is 16.6. The molecule has 2 unspecified atom stereocenters. The number of benzene rings is 1. The van der Waals surface area contributed by atoms with Crippen LogP contribution in [-0.4, -0.2) is 38.2 Å². The Morgan fingerprint density at radius 1 is 1.38 bits per heavy atom. The van der Waals surface area contributed by atoms with Crippen LogP contribution in [0.1, 0.15) is 12.0 Å². The molecule has 0 heterocycles. The number of carbonyl (C=O) groups is 1. The molecule has 1 aromatic carbocycles. The van der Waals surface area contributed by atoms with Crippen LogP contribution in [-0.2, 0) is 25.6 Å². The minimum Gasteiger partial charge on any atom is -0.468 e. The molecular formula is C15H19NO5. The molecule has 1 rings (SSSR count). The van der Waals surface area contributed by atoms with Gasteiger partial charge in [-0.3, -0.25) is 4.79 Å². The van der Waals surface area contributed by atoms with Gasteiger partial charge in [0.2, 0.25) is 0 Å². The fourth-order valence-corrected chi connectivity index (χ4v) is 1.82. The standard InChI is InChI=1S/C15H19NO5/c1-19-13(17)8-15(10-16,14(18)20-2)11-21-9-12-6-4-3-5-7-12/h3-7,13,17H,8-9,11H2,1-2H3. The van der Waals surface area contributed by atoms with Crippen LogP contribution in [0.5, 0.6) is 0 Å². The van der Waals surface area contributed by atoms with Crippen LogP contribution in [0.15, 0.2) is 30.3 Å². The summed E-state index contributed by atoms with van der Waals surface area (Å²) in [6, 6.07) is 11.2. The monoisotopic (exact) mass is 293 g/mol. The molecule has 1 N–H and O–H groups in total. The predicted molar refractivity (Wildman–Crippen MR) is 73.8 cm³/mol. The van der Waals surface area contributed by atoms with E-state index in [2.05, 4.69) is 4.74 Å². The molecule has 0 saturated heterocycles. The van der Waals surface area contributed by atoms with Crippen LogP contribution in [0.3, 0.4) is 0 Å². The van der Waals surface area contributed by atoms with E-state index in [9.17, 15) is 15.2 Å². The molecule has 0 saturated carbocycles. The SMILES string of the molecule is COC(=O)C(C#N)(COCc1ccccc1)CC(O)OC. The van der Waals surface area contributed by atoms with Gasteiger partial charge >= 0.3 is 5.97 Å². The lowest BCUT2D eigenvalue weighted by atomic mass is 9.86. The van der Waals surface area contributed by atoms with Crippen molar-refractivity contribution in [3.05, 3.63) is 35.9 Å². The van der Waals surface area contributed by atoms with Crippen molar-refractivity contribution in [3.63, 3.8) is 0 Å². The van der Waals surface area contributed by atoms with Crippen molar-refractivity contribution in [2.24, 2.45) is 5.41 Å². The maximum Gasteiger partial charge on any atom is 0.328 e. The van der Waals surface area contributed by atoms with Gasteiger partial charge in [-0.2, -0.15) is 5.26 Å². The molecule has 0 aliphatic carbocycles. The summed E-state index contributed by atoms with van der Waals surface area (Å²) in [5.41, 5.74) is -0.680. The van der Waals surface area contributed by atoms with E-state index in [0.717, 1.165) is 5.56 Å². The van der Waals surface area contributed by atoms with Crippen LogP contribution >= 0.6 is 0 Å². The molecule has 0 bridgehead atoms. The Hall–Kier alpha value is -1.94. The second kappa shape index (κ2) is 8.37. The van der Waals surface area contributed by atoms with Crippen LogP contribution in [0, 0.1) is 16.7 Å². The second-order valence-corrected chi connectivity index (χ2v) is 4.56. The largest absolute Gasteiger partial charge is 0.468 e. The first kappa shape index (κ1) is 17.1. The zero-order valence-electron chi connectivity index (χ0n) is 12.1. The third-order valence-corrected chi connectivity index (χ3v) is 3.05. The Kier molecular flexibility index (Phi) is 6.82. The number of hydrogen-bond acceptors (Lipinski definition) is 6. The van der Waals surface area contributed by atoms with Crippen molar-refractivity contribution in [1.82, 2.24) is 0 Å². The molecule has 0 aromatic heterocycles. The van der Waals surface area contributed by atoms with Crippen LogP contribution in [0.25, 0.3) is 0 Å². The first-order valence-corrected chi connectivity index (χ1v) is 6.40. The van der Waals surface area contributed by atoms with Crippen molar-refractivity contribution in [3.8, 4) is 6.07 Å². The van der Waals surface area contributed by atoms with Crippen LogP contribution in [0.4, 0.5) is 0 Å². The van der Waals surface area contributed by atoms with E-state index in [0.29, 0.717) is 0 Å². The highest BCUT2D eigenvalue weighted by Crippen LogP contribution is 2.26. The van der Waals surface area contributed by atoms with Crippen molar-refractivity contribution in [2.45, 2.75) is 19.3 Å². The van der Waals surface area contributed by atoms with E-state index in [1.807, 2.05) is 36.4 Å². The van der Waals surface area contributed by atoms with Crippen LogP contribution < -0.4 is 0 Å². The molecule has 6 nitrogen and oxygen atoms in total. The lowest BCUT2D eigenvalue weighted by Crippen LogP contribution is -2.39. The fourth-order valence-electron chi connectivity index (χ4n) is 1.82. The average molecular weight is 293 g/mol. The van der Waals surface area contributed by atoms with Crippen molar-refractivity contribution in [1.29, 1.82) is 5.26 Å². The summed E-state index contributed by atoms with van der Waals surface area (Å²) in [6.45, 7) is 0.0653. The fraction of sp³-hybridized carbons (Fsp3) is 0.467. The molecule has 0 spiro atoms. The van der Waals surface area contributed by atoms with Gasteiger partial charge in [-0.05, 0) is 5.56 Å². The van der Waals surface area contributed by atoms with Gasteiger partial charge in [0.15, 0.2) is 11.7 Å². The number of methoxy groups -OCH3 is 2. The van der Waals surface area contributed by atoms with Crippen molar-refractivity contribution >= 4 is 5.97 Å². The first-order valence-electron chi connectivity index (χ1n) is 6.40. The Labute approximate surface area is 123 Å². The van der Waals surface area contributed by atoms with Gasteiger partial charge in [0.25, 0.3) is 0 Å². The molecule has 1 aromatic rings. The third kappa shape index (κ3) is 4.83. The zero-order chi connectivity index (χ0) is 15.7. The van der Waals surface area contributed by atoms with Crippen molar-refractivity contribution < 1.29 is 24.1 Å². The number of nitriles is 1. The summed E-state index contributed by atoms with van der Waals surface area (Å²) < 4.78 is 14.8. The lowest BCUT2D eigenvalue weighted by Gasteiger charge is -2.25. The number of rotatable bonds is 8. The molecule has 114 valence electrons. The maximum atomic E-state index is 11.9. The maximum absolute atomic E-state index is 11.9. The van der Waals surface area contributed by atoms with E-state index in [1.54, 1.807) is 0 Å². The summed E-state index contributed by atoms with van der Waals surface area (Å²) in [5.74, 6) is -0.755. The molecular weight excluding hydrogens is 274 g/mol. The van der Waals surface area contributed by atoms with E-state index < -0.39 is 17.7 Å². The summed E-state index contributed by atoms with van der Waals surface area (Å²) in [4.78, 5) is 11.9. The van der Waals surface area contributed by atoms with Gasteiger partial charge in [0, 0.05) is 13.5 Å². The van der Waals surface area contributed by atoms with Gasteiger partial charge in [-0.15, -0.1) is 0 Å². The number of hydrogen-bond donors (Lipinski definition) is 1. The predicted octanol–water partition coefficient (Wildman–Crippen LogP) is 1.24. The Balaban J connectivity index is 2.73. The molecule has 0 aliphatic heterocycles. The van der Waals surface area contributed by atoms with E-state index in [4.69, 9.17) is 9.47 Å². The highest BCUT2D eigenvalue weighted by Gasteiger charge is 2.42. The molecule has 0 fully saturated rings.